The van der Waals surface area contributed by atoms with Crippen LogP contribution in [0.15, 0.2) is 0 Å². The van der Waals surface area contributed by atoms with Gasteiger partial charge in [-0.05, 0) is 67.1 Å². The maximum absolute atomic E-state index is 12.9. The van der Waals surface area contributed by atoms with Gasteiger partial charge in [0.2, 0.25) is 0 Å². The Kier molecular flexibility index (Phi) is 4.15. The molecule has 7 rings (SSSR count). The molecule has 4 saturated heterocycles. The second-order valence-corrected chi connectivity index (χ2v) is 12.1. The molecule has 0 N–H and O–H groups in total. The predicted molar refractivity (Wildman–Crippen MR) is 113 cm³/mol. The number of methoxy groups -OCH3 is 2. The molecular weight excluding hydrogens is 378 g/mol. The van der Waals surface area contributed by atoms with Gasteiger partial charge in [0.15, 0.2) is 5.79 Å². The van der Waals surface area contributed by atoms with Crippen molar-refractivity contribution < 1.29 is 19.0 Å². The van der Waals surface area contributed by atoms with E-state index in [0.717, 1.165) is 19.4 Å². The normalized spacial score (nSPS) is 55.8. The Labute approximate surface area is 181 Å². The van der Waals surface area contributed by atoms with Crippen LogP contribution in [0.2, 0.25) is 0 Å². The first-order chi connectivity index (χ1) is 14.4. The fourth-order valence-electron chi connectivity index (χ4n) is 10.2. The smallest absolute Gasteiger partial charge is 0.308 e. The number of piperidine rings is 2. The van der Waals surface area contributed by atoms with Crippen LogP contribution >= 0.6 is 0 Å². The molecule has 168 valence electrons. The quantitative estimate of drug-likeness (QED) is 0.655. The molecule has 3 saturated carbocycles. The van der Waals surface area contributed by atoms with Crippen molar-refractivity contribution in [1.29, 1.82) is 0 Å². The summed E-state index contributed by atoms with van der Waals surface area (Å²) in [6, 6.07) is 0. The number of nitrogens with zero attached hydrogens (tertiary/aromatic N) is 1. The van der Waals surface area contributed by atoms with E-state index in [0.29, 0.717) is 29.1 Å². The predicted octanol–water partition coefficient (Wildman–Crippen LogP) is 3.71. The topological polar surface area (TPSA) is 48.0 Å². The molecule has 5 nitrogen and oxygen atoms in total. The van der Waals surface area contributed by atoms with E-state index in [-0.39, 0.29) is 22.7 Å². The highest BCUT2D eigenvalue weighted by atomic mass is 16.7. The van der Waals surface area contributed by atoms with Crippen molar-refractivity contribution >= 4 is 5.97 Å². The van der Waals surface area contributed by atoms with E-state index in [1.54, 1.807) is 7.11 Å². The van der Waals surface area contributed by atoms with Crippen molar-refractivity contribution in [2.24, 2.45) is 45.8 Å². The van der Waals surface area contributed by atoms with Crippen LogP contribution in [0, 0.1) is 45.8 Å². The highest BCUT2D eigenvalue weighted by Gasteiger charge is 2.78. The van der Waals surface area contributed by atoms with Gasteiger partial charge < -0.3 is 19.1 Å². The third-order valence-corrected chi connectivity index (χ3v) is 11.3. The Morgan fingerprint density at radius 3 is 2.53 bits per heavy atom. The summed E-state index contributed by atoms with van der Waals surface area (Å²) in [6.45, 7) is 8.93. The second kappa shape index (κ2) is 6.23. The van der Waals surface area contributed by atoms with Crippen LogP contribution in [0.1, 0.15) is 58.8 Å². The monoisotopic (exact) mass is 417 g/mol. The molecule has 5 heteroatoms. The standard InChI is InChI=1S/C25H39NO4/c1-16(2)25(29-4)10-9-23(15-30-25)17-5-7-22-8-6-18-19(21(27)28-3)11-24(23,20(18)22)14-26(12-17)13-22/h16-20H,5-15H2,1-4H3/t17-,18?,19-,20?,22-,23+,24-,25-/m1/s1. The van der Waals surface area contributed by atoms with Gasteiger partial charge in [0.1, 0.15) is 0 Å². The molecule has 3 spiro atoms. The first-order valence-corrected chi connectivity index (χ1v) is 12.3. The number of fused-ring (bicyclic) bond motifs is 1. The molecule has 4 aliphatic heterocycles. The molecule has 3 unspecified atom stereocenters. The summed E-state index contributed by atoms with van der Waals surface area (Å²) < 4.78 is 18.1. The van der Waals surface area contributed by atoms with Crippen LogP contribution in [0.4, 0.5) is 0 Å². The molecule has 0 aromatic heterocycles. The van der Waals surface area contributed by atoms with Gasteiger partial charge in [-0.15, -0.1) is 0 Å². The Morgan fingerprint density at radius 1 is 1.07 bits per heavy atom. The first kappa shape index (κ1) is 20.0. The lowest BCUT2D eigenvalue weighted by Crippen LogP contribution is -2.70. The Hall–Kier alpha value is -0.650. The van der Waals surface area contributed by atoms with Crippen molar-refractivity contribution in [2.75, 3.05) is 40.5 Å². The zero-order valence-corrected chi connectivity index (χ0v) is 19.2. The molecule has 7 aliphatic rings. The van der Waals surface area contributed by atoms with E-state index in [2.05, 4.69) is 18.7 Å². The highest BCUT2D eigenvalue weighted by Crippen LogP contribution is 2.78. The third-order valence-electron chi connectivity index (χ3n) is 11.3. The largest absolute Gasteiger partial charge is 0.469 e. The lowest BCUT2D eigenvalue weighted by molar-refractivity contribution is -0.323. The van der Waals surface area contributed by atoms with Gasteiger partial charge in [0, 0.05) is 44.5 Å². The molecule has 0 aromatic rings. The van der Waals surface area contributed by atoms with Crippen molar-refractivity contribution in [3.8, 4) is 0 Å². The number of esters is 1. The summed E-state index contributed by atoms with van der Waals surface area (Å²) in [5.74, 6) is 1.93. The molecule has 9 atom stereocenters. The second-order valence-electron chi connectivity index (χ2n) is 12.1. The number of hydrogen-bond acceptors (Lipinski definition) is 5. The number of ether oxygens (including phenoxy) is 3. The SMILES string of the molecule is COC(=O)[C@@H]1C[C@@]23CN4C[C@@H](CC[C@@]5(CCC1C52)C4)[C@@]31CC[C@](OC)(C(C)C)OC1. The van der Waals surface area contributed by atoms with E-state index >= 15 is 0 Å². The van der Waals surface area contributed by atoms with E-state index in [9.17, 15) is 4.79 Å². The first-order valence-electron chi connectivity index (χ1n) is 12.3. The minimum Gasteiger partial charge on any atom is -0.469 e. The molecule has 4 bridgehead atoms. The summed E-state index contributed by atoms with van der Waals surface area (Å²) in [6.07, 6.45) is 8.41. The van der Waals surface area contributed by atoms with Crippen LogP contribution < -0.4 is 0 Å². The van der Waals surface area contributed by atoms with Crippen LogP contribution in [0.3, 0.4) is 0 Å². The minimum atomic E-state index is -0.446. The van der Waals surface area contributed by atoms with Gasteiger partial charge in [-0.2, -0.15) is 0 Å². The maximum Gasteiger partial charge on any atom is 0.308 e. The molecule has 3 aliphatic carbocycles. The van der Waals surface area contributed by atoms with Crippen molar-refractivity contribution in [3.05, 3.63) is 0 Å². The Balaban J connectivity index is 1.46. The van der Waals surface area contributed by atoms with Crippen LogP contribution in [0.5, 0.6) is 0 Å². The molecule has 7 fully saturated rings. The van der Waals surface area contributed by atoms with Gasteiger partial charge in [-0.25, -0.2) is 0 Å². The van der Waals surface area contributed by atoms with Crippen molar-refractivity contribution in [3.63, 3.8) is 0 Å². The summed E-state index contributed by atoms with van der Waals surface area (Å²) in [4.78, 5) is 15.7. The average Bonchev–Trinajstić information content (AvgIpc) is 3.23. The molecule has 0 amide bonds. The van der Waals surface area contributed by atoms with Gasteiger partial charge in [-0.1, -0.05) is 13.8 Å². The summed E-state index contributed by atoms with van der Waals surface area (Å²) >= 11 is 0. The van der Waals surface area contributed by atoms with Crippen LogP contribution in [-0.4, -0.2) is 57.1 Å². The number of hydrogen-bond donors (Lipinski definition) is 0. The van der Waals surface area contributed by atoms with Crippen molar-refractivity contribution in [1.82, 2.24) is 4.90 Å². The van der Waals surface area contributed by atoms with Gasteiger partial charge >= 0.3 is 5.97 Å². The van der Waals surface area contributed by atoms with Gasteiger partial charge in [0.25, 0.3) is 0 Å². The van der Waals surface area contributed by atoms with E-state index < -0.39 is 5.79 Å². The molecule has 0 aromatic carbocycles. The minimum absolute atomic E-state index is 0.0501. The zero-order valence-electron chi connectivity index (χ0n) is 19.2. The number of rotatable bonds is 3. The molecule has 4 heterocycles. The lowest BCUT2D eigenvalue weighted by Gasteiger charge is -2.67. The average molecular weight is 418 g/mol. The zero-order chi connectivity index (χ0) is 20.9. The van der Waals surface area contributed by atoms with Gasteiger partial charge in [-0.3, -0.25) is 4.79 Å². The summed E-state index contributed by atoms with van der Waals surface area (Å²) in [5, 5.41) is 0. The van der Waals surface area contributed by atoms with Gasteiger partial charge in [0.05, 0.1) is 19.6 Å². The van der Waals surface area contributed by atoms with Crippen molar-refractivity contribution in [2.45, 2.75) is 64.6 Å². The number of carbonyl (C=O) groups is 1. The fourth-order valence-corrected chi connectivity index (χ4v) is 10.2. The lowest BCUT2D eigenvalue weighted by atomic mass is 9.46. The summed E-state index contributed by atoms with van der Waals surface area (Å²) in [7, 11) is 3.40. The van der Waals surface area contributed by atoms with E-state index in [1.165, 1.54) is 51.7 Å². The van der Waals surface area contributed by atoms with E-state index in [1.807, 2.05) is 7.11 Å². The molecule has 0 radical (unpaired) electrons. The highest BCUT2D eigenvalue weighted by molar-refractivity contribution is 5.73. The summed E-state index contributed by atoms with van der Waals surface area (Å²) in [5.41, 5.74) is 0.831. The fraction of sp³-hybridized carbons (Fsp3) is 0.960. The molecular formula is C25H39NO4. The Bertz CT molecular complexity index is 743. The van der Waals surface area contributed by atoms with E-state index in [4.69, 9.17) is 14.2 Å². The van der Waals surface area contributed by atoms with Crippen LogP contribution in [-0.2, 0) is 19.0 Å². The third kappa shape index (κ3) is 2.13. The Morgan fingerprint density at radius 2 is 1.87 bits per heavy atom. The van der Waals surface area contributed by atoms with Crippen LogP contribution in [0.25, 0.3) is 0 Å². The molecule has 30 heavy (non-hydrogen) atoms. The maximum atomic E-state index is 12.9. The number of carbonyl (C=O) groups excluding carboxylic acids is 1.